The van der Waals surface area contributed by atoms with Crippen LogP contribution in [-0.2, 0) is 0 Å². The summed E-state index contributed by atoms with van der Waals surface area (Å²) in [7, 11) is 0. The van der Waals surface area contributed by atoms with Crippen LogP contribution in [0, 0.1) is 0 Å². The van der Waals surface area contributed by atoms with Crippen molar-refractivity contribution in [1.82, 2.24) is 0 Å². The average molecular weight is 301 g/mol. The predicted molar refractivity (Wildman–Crippen MR) is 95.4 cm³/mol. The topological polar surface area (TPSA) is 46.2 Å². The van der Waals surface area contributed by atoms with Gasteiger partial charge in [0.25, 0.3) is 0 Å². The molecule has 0 aliphatic heterocycles. The third kappa shape index (κ3) is 3.39. The summed E-state index contributed by atoms with van der Waals surface area (Å²) in [5.41, 5.74) is 10.6. The molecule has 0 amide bonds. The molecule has 0 aliphatic carbocycles. The zero-order valence-electron chi connectivity index (χ0n) is 12.8. The van der Waals surface area contributed by atoms with Crippen LogP contribution in [0.5, 0.6) is 0 Å². The van der Waals surface area contributed by atoms with E-state index in [4.69, 9.17) is 5.73 Å². The molecule has 23 heavy (non-hydrogen) atoms. The van der Waals surface area contributed by atoms with Gasteiger partial charge in [-0.25, -0.2) is 0 Å². The van der Waals surface area contributed by atoms with Crippen molar-refractivity contribution in [2.75, 3.05) is 0 Å². The Hall–Kier alpha value is -2.68. The first-order valence-corrected chi connectivity index (χ1v) is 7.61. The van der Waals surface area contributed by atoms with Crippen LogP contribution in [0.4, 0.5) is 0 Å². The second-order valence-electron chi connectivity index (χ2n) is 5.33. The van der Waals surface area contributed by atoms with E-state index in [0.717, 1.165) is 27.8 Å². The number of aliphatic hydroxyl groups excluding tert-OH is 1. The van der Waals surface area contributed by atoms with Crippen LogP contribution >= 0.6 is 0 Å². The van der Waals surface area contributed by atoms with Crippen LogP contribution in [0.3, 0.4) is 0 Å². The molecule has 3 aromatic carbocycles. The van der Waals surface area contributed by atoms with Crippen molar-refractivity contribution in [3.63, 3.8) is 0 Å². The Morgan fingerprint density at radius 1 is 0.609 bits per heavy atom. The molecule has 0 saturated carbocycles. The molecule has 3 aromatic rings. The molecule has 0 fully saturated rings. The van der Waals surface area contributed by atoms with E-state index in [-0.39, 0.29) is 0 Å². The van der Waals surface area contributed by atoms with Gasteiger partial charge >= 0.3 is 0 Å². The SMILES string of the molecule is N[C@@H](O)C(=C(c1ccccc1)c1ccccc1)c1ccccc1. The Bertz CT molecular complexity index is 736. The first-order chi connectivity index (χ1) is 11.3. The molecule has 3 N–H and O–H groups in total. The largest absolute Gasteiger partial charge is 0.374 e. The standard InChI is InChI=1S/C21H19NO/c22-21(23)20(18-14-8-3-9-15-18)19(16-10-4-1-5-11-16)17-12-6-2-7-13-17/h1-15,21,23H,22H2/t21-/m0/s1. The normalized spacial score (nSPS) is 11.7. The Morgan fingerprint density at radius 3 is 1.30 bits per heavy atom. The monoisotopic (exact) mass is 301 g/mol. The van der Waals surface area contributed by atoms with Gasteiger partial charge in [-0.05, 0) is 22.3 Å². The van der Waals surface area contributed by atoms with Gasteiger partial charge in [0.2, 0.25) is 0 Å². The van der Waals surface area contributed by atoms with Crippen molar-refractivity contribution in [3.05, 3.63) is 108 Å². The number of hydrogen-bond acceptors (Lipinski definition) is 2. The van der Waals surface area contributed by atoms with E-state index < -0.39 is 6.23 Å². The van der Waals surface area contributed by atoms with Gasteiger partial charge in [0.15, 0.2) is 0 Å². The van der Waals surface area contributed by atoms with Crippen LogP contribution in [0.1, 0.15) is 16.7 Å². The second-order valence-corrected chi connectivity index (χ2v) is 5.33. The van der Waals surface area contributed by atoms with Crippen LogP contribution in [0.2, 0.25) is 0 Å². The molecule has 0 heterocycles. The van der Waals surface area contributed by atoms with Gasteiger partial charge in [0, 0.05) is 5.57 Å². The lowest BCUT2D eigenvalue weighted by Gasteiger charge is -2.19. The number of hydrogen-bond donors (Lipinski definition) is 2. The highest BCUT2D eigenvalue weighted by Crippen LogP contribution is 2.33. The smallest absolute Gasteiger partial charge is 0.129 e. The highest BCUT2D eigenvalue weighted by Gasteiger charge is 2.17. The summed E-state index contributed by atoms with van der Waals surface area (Å²) in [4.78, 5) is 0. The molecular weight excluding hydrogens is 282 g/mol. The van der Waals surface area contributed by atoms with Crippen molar-refractivity contribution >= 4 is 11.1 Å². The van der Waals surface area contributed by atoms with Crippen LogP contribution < -0.4 is 5.73 Å². The number of nitrogens with two attached hydrogens (primary N) is 1. The molecule has 0 spiro atoms. The van der Waals surface area contributed by atoms with E-state index in [9.17, 15) is 5.11 Å². The van der Waals surface area contributed by atoms with Gasteiger partial charge in [0.1, 0.15) is 6.23 Å². The van der Waals surface area contributed by atoms with Crippen molar-refractivity contribution in [1.29, 1.82) is 0 Å². The van der Waals surface area contributed by atoms with E-state index >= 15 is 0 Å². The molecule has 2 heteroatoms. The summed E-state index contributed by atoms with van der Waals surface area (Å²) in [5, 5.41) is 10.3. The van der Waals surface area contributed by atoms with Crippen LogP contribution in [0.25, 0.3) is 11.1 Å². The van der Waals surface area contributed by atoms with Crippen molar-refractivity contribution in [2.45, 2.75) is 6.23 Å². The van der Waals surface area contributed by atoms with E-state index in [1.54, 1.807) is 0 Å². The minimum Gasteiger partial charge on any atom is -0.374 e. The second kappa shape index (κ2) is 7.05. The lowest BCUT2D eigenvalue weighted by molar-refractivity contribution is 0.241. The zero-order valence-corrected chi connectivity index (χ0v) is 12.8. The highest BCUT2D eigenvalue weighted by atomic mass is 16.3. The molecule has 0 aliphatic rings. The fourth-order valence-corrected chi connectivity index (χ4v) is 2.77. The van der Waals surface area contributed by atoms with Crippen molar-refractivity contribution in [2.24, 2.45) is 5.73 Å². The molecule has 0 unspecified atom stereocenters. The maximum atomic E-state index is 10.3. The number of aliphatic hydroxyl groups is 1. The molecule has 0 aromatic heterocycles. The van der Waals surface area contributed by atoms with Crippen molar-refractivity contribution in [3.8, 4) is 0 Å². The summed E-state index contributed by atoms with van der Waals surface area (Å²) in [6, 6.07) is 29.9. The number of benzene rings is 3. The summed E-state index contributed by atoms with van der Waals surface area (Å²) < 4.78 is 0. The Morgan fingerprint density at radius 2 is 0.957 bits per heavy atom. The minimum absolute atomic E-state index is 0.725. The van der Waals surface area contributed by atoms with Gasteiger partial charge in [0.05, 0.1) is 0 Å². The molecule has 0 saturated heterocycles. The van der Waals surface area contributed by atoms with Gasteiger partial charge in [-0.15, -0.1) is 0 Å². The zero-order chi connectivity index (χ0) is 16.1. The molecule has 0 bridgehead atoms. The van der Waals surface area contributed by atoms with Crippen LogP contribution in [0.15, 0.2) is 91.0 Å². The van der Waals surface area contributed by atoms with Crippen molar-refractivity contribution < 1.29 is 5.11 Å². The summed E-state index contributed by atoms with van der Waals surface area (Å²) in [6.45, 7) is 0. The lowest BCUT2D eigenvalue weighted by atomic mass is 9.89. The average Bonchev–Trinajstić information content (AvgIpc) is 2.61. The van der Waals surface area contributed by atoms with Gasteiger partial charge in [-0.1, -0.05) is 91.0 Å². The molecular formula is C21H19NO. The van der Waals surface area contributed by atoms with E-state index in [0.29, 0.717) is 0 Å². The van der Waals surface area contributed by atoms with E-state index in [1.807, 2.05) is 91.0 Å². The first-order valence-electron chi connectivity index (χ1n) is 7.61. The van der Waals surface area contributed by atoms with E-state index in [1.165, 1.54) is 0 Å². The van der Waals surface area contributed by atoms with Crippen LogP contribution in [-0.4, -0.2) is 11.3 Å². The van der Waals surface area contributed by atoms with E-state index in [2.05, 4.69) is 0 Å². The Kier molecular flexibility index (Phi) is 4.67. The first kappa shape index (κ1) is 15.2. The lowest BCUT2D eigenvalue weighted by Crippen LogP contribution is -2.22. The summed E-state index contributed by atoms with van der Waals surface area (Å²) >= 11 is 0. The summed E-state index contributed by atoms with van der Waals surface area (Å²) in [6.07, 6.45) is -1.06. The third-order valence-electron chi connectivity index (χ3n) is 3.77. The molecule has 2 nitrogen and oxygen atoms in total. The van der Waals surface area contributed by atoms with Gasteiger partial charge in [-0.2, -0.15) is 0 Å². The fourth-order valence-electron chi connectivity index (χ4n) is 2.77. The Labute approximate surface area is 136 Å². The minimum atomic E-state index is -1.06. The maximum Gasteiger partial charge on any atom is 0.129 e. The number of rotatable bonds is 4. The maximum absolute atomic E-state index is 10.3. The van der Waals surface area contributed by atoms with Gasteiger partial charge < -0.3 is 10.8 Å². The summed E-state index contributed by atoms with van der Waals surface area (Å²) in [5.74, 6) is 0. The molecule has 3 rings (SSSR count). The molecule has 0 radical (unpaired) electrons. The highest BCUT2D eigenvalue weighted by molar-refractivity contribution is 5.99. The Balaban J connectivity index is 2.32. The quantitative estimate of drug-likeness (QED) is 0.566. The third-order valence-corrected chi connectivity index (χ3v) is 3.77. The van der Waals surface area contributed by atoms with Gasteiger partial charge in [-0.3, -0.25) is 0 Å². The fraction of sp³-hybridized carbons (Fsp3) is 0.0476. The molecule has 1 atom stereocenters. The predicted octanol–water partition coefficient (Wildman–Crippen LogP) is 3.92. The molecule has 114 valence electrons.